The standard InChI is InChI=1S/C27H34N4O3/c1-27(2,33)16-31-26(32)23-15-30-25-22(23)13-19(14-29-25)18-5-6-20(17-7-10-34-11-8-17)21(12-18)24-4-3-9-28-24/h5-6,12-15,17,24,28,33H,3-4,7-11,16H2,1-2H3,(H,29,30)(H,31,32). The van der Waals surface area contributed by atoms with Gasteiger partial charge in [-0.1, -0.05) is 12.1 Å². The minimum absolute atomic E-state index is 0.178. The Hall–Kier alpha value is -2.74. The predicted octanol–water partition coefficient (Wildman–Crippen LogP) is 4.05. The zero-order valence-corrected chi connectivity index (χ0v) is 20.0. The molecule has 2 saturated heterocycles. The monoisotopic (exact) mass is 462 g/mol. The number of carbonyl (C=O) groups excluding carboxylic acids is 1. The van der Waals surface area contributed by atoms with E-state index in [-0.39, 0.29) is 12.5 Å². The smallest absolute Gasteiger partial charge is 0.253 e. The molecule has 4 N–H and O–H groups in total. The van der Waals surface area contributed by atoms with Crippen molar-refractivity contribution in [3.8, 4) is 11.1 Å². The average molecular weight is 463 g/mol. The molecule has 180 valence electrons. The van der Waals surface area contributed by atoms with Crippen molar-refractivity contribution < 1.29 is 14.6 Å². The number of rotatable bonds is 6. The van der Waals surface area contributed by atoms with Gasteiger partial charge in [-0.15, -0.1) is 0 Å². The van der Waals surface area contributed by atoms with Crippen LogP contribution in [-0.2, 0) is 4.74 Å². The van der Waals surface area contributed by atoms with Gasteiger partial charge in [0.1, 0.15) is 5.65 Å². The van der Waals surface area contributed by atoms with E-state index in [9.17, 15) is 9.90 Å². The normalized spacial score (nSPS) is 19.6. The Labute approximate surface area is 200 Å². The summed E-state index contributed by atoms with van der Waals surface area (Å²) in [6.07, 6.45) is 8.04. The number of amides is 1. The lowest BCUT2D eigenvalue weighted by atomic mass is 9.84. The predicted molar refractivity (Wildman–Crippen MR) is 133 cm³/mol. The van der Waals surface area contributed by atoms with Gasteiger partial charge >= 0.3 is 0 Å². The number of aliphatic hydroxyl groups is 1. The number of benzene rings is 1. The first-order valence-corrected chi connectivity index (χ1v) is 12.3. The van der Waals surface area contributed by atoms with Crippen LogP contribution in [0, 0.1) is 0 Å². The Morgan fingerprint density at radius 2 is 2.00 bits per heavy atom. The number of nitrogens with zero attached hydrogens (tertiary/aromatic N) is 1. The lowest BCUT2D eigenvalue weighted by Crippen LogP contribution is -2.38. The number of aromatic amines is 1. The van der Waals surface area contributed by atoms with Gasteiger partial charge in [0, 0.05) is 49.1 Å². The molecule has 0 aliphatic carbocycles. The number of H-pyrrole nitrogens is 1. The van der Waals surface area contributed by atoms with Gasteiger partial charge < -0.3 is 25.5 Å². The molecule has 34 heavy (non-hydrogen) atoms. The summed E-state index contributed by atoms with van der Waals surface area (Å²) >= 11 is 0. The molecule has 1 unspecified atom stereocenters. The molecule has 2 aliphatic heterocycles. The van der Waals surface area contributed by atoms with Gasteiger partial charge in [-0.3, -0.25) is 4.79 Å². The van der Waals surface area contributed by atoms with Crippen molar-refractivity contribution in [2.75, 3.05) is 26.3 Å². The van der Waals surface area contributed by atoms with Crippen LogP contribution in [0.5, 0.6) is 0 Å². The van der Waals surface area contributed by atoms with Crippen LogP contribution in [0.15, 0.2) is 36.7 Å². The number of nitrogens with one attached hydrogen (secondary N) is 3. The highest BCUT2D eigenvalue weighted by molar-refractivity contribution is 6.06. The molecule has 7 nitrogen and oxygen atoms in total. The SMILES string of the molecule is CC(C)(O)CNC(=O)c1c[nH]c2ncc(-c3ccc(C4CCOCC4)c(C4CCCN4)c3)cc12. The second kappa shape index (κ2) is 9.49. The Bertz CT molecular complexity index is 1170. The number of ether oxygens (including phenoxy) is 1. The maximum Gasteiger partial charge on any atom is 0.253 e. The third-order valence-corrected chi connectivity index (χ3v) is 6.97. The molecule has 0 saturated carbocycles. The van der Waals surface area contributed by atoms with Crippen molar-refractivity contribution in [2.45, 2.75) is 57.1 Å². The Kier molecular flexibility index (Phi) is 6.42. The van der Waals surface area contributed by atoms with E-state index < -0.39 is 5.60 Å². The summed E-state index contributed by atoms with van der Waals surface area (Å²) in [6, 6.07) is 9.21. The molecule has 1 amide bonds. The van der Waals surface area contributed by atoms with Crippen LogP contribution in [0.3, 0.4) is 0 Å². The zero-order chi connectivity index (χ0) is 23.7. The van der Waals surface area contributed by atoms with Crippen molar-refractivity contribution in [2.24, 2.45) is 0 Å². The van der Waals surface area contributed by atoms with Gasteiger partial charge in [0.2, 0.25) is 0 Å². The Morgan fingerprint density at radius 1 is 1.18 bits per heavy atom. The van der Waals surface area contributed by atoms with Gasteiger partial charge in [0.05, 0.1) is 11.2 Å². The summed E-state index contributed by atoms with van der Waals surface area (Å²) in [5.74, 6) is 0.314. The van der Waals surface area contributed by atoms with Crippen LogP contribution < -0.4 is 10.6 Å². The average Bonchev–Trinajstić information content (AvgIpc) is 3.52. The summed E-state index contributed by atoms with van der Waals surface area (Å²) in [7, 11) is 0. The molecule has 0 spiro atoms. The van der Waals surface area contributed by atoms with E-state index in [1.807, 2.05) is 12.3 Å². The summed E-state index contributed by atoms with van der Waals surface area (Å²) in [5, 5.41) is 17.2. The van der Waals surface area contributed by atoms with Crippen LogP contribution in [0.2, 0.25) is 0 Å². The van der Waals surface area contributed by atoms with Crippen LogP contribution in [0.4, 0.5) is 0 Å². The fraction of sp³-hybridized carbons (Fsp3) is 0.481. The highest BCUT2D eigenvalue weighted by atomic mass is 16.5. The zero-order valence-electron chi connectivity index (χ0n) is 20.0. The topological polar surface area (TPSA) is 99.3 Å². The molecule has 0 bridgehead atoms. The van der Waals surface area contributed by atoms with Crippen LogP contribution in [-0.4, -0.2) is 52.9 Å². The number of aromatic nitrogens is 2. The third-order valence-electron chi connectivity index (χ3n) is 6.97. The van der Waals surface area contributed by atoms with E-state index in [4.69, 9.17) is 4.74 Å². The molecule has 2 aliphatic rings. The van der Waals surface area contributed by atoms with E-state index in [0.29, 0.717) is 23.2 Å². The second-order valence-corrected chi connectivity index (χ2v) is 10.2. The van der Waals surface area contributed by atoms with Gasteiger partial charge in [-0.05, 0) is 80.8 Å². The van der Waals surface area contributed by atoms with E-state index >= 15 is 0 Å². The first-order chi connectivity index (χ1) is 16.4. The highest BCUT2D eigenvalue weighted by Crippen LogP contribution is 2.37. The molecule has 1 aromatic carbocycles. The fourth-order valence-corrected chi connectivity index (χ4v) is 5.13. The number of pyridine rings is 1. The van der Waals surface area contributed by atoms with Crippen molar-refractivity contribution in [1.82, 2.24) is 20.6 Å². The maximum atomic E-state index is 12.8. The number of carbonyl (C=O) groups is 1. The Morgan fingerprint density at radius 3 is 2.74 bits per heavy atom. The molecule has 2 fully saturated rings. The largest absolute Gasteiger partial charge is 0.389 e. The van der Waals surface area contributed by atoms with Gasteiger partial charge in [0.25, 0.3) is 5.91 Å². The third kappa shape index (κ3) is 4.87. The molecular formula is C27H34N4O3. The summed E-state index contributed by atoms with van der Waals surface area (Å²) in [5.41, 5.74) is 5.16. The van der Waals surface area contributed by atoms with E-state index in [2.05, 4.69) is 38.8 Å². The van der Waals surface area contributed by atoms with Crippen molar-refractivity contribution in [3.63, 3.8) is 0 Å². The quantitative estimate of drug-likeness (QED) is 0.443. The molecule has 5 rings (SSSR count). The molecule has 4 heterocycles. The van der Waals surface area contributed by atoms with Gasteiger partial charge in [-0.2, -0.15) is 0 Å². The van der Waals surface area contributed by atoms with Crippen LogP contribution >= 0.6 is 0 Å². The maximum absolute atomic E-state index is 12.8. The first kappa shape index (κ1) is 23.0. The highest BCUT2D eigenvalue weighted by Gasteiger charge is 2.25. The first-order valence-electron chi connectivity index (χ1n) is 12.3. The van der Waals surface area contributed by atoms with E-state index in [0.717, 1.165) is 55.5 Å². The Balaban J connectivity index is 1.49. The number of hydrogen-bond acceptors (Lipinski definition) is 5. The van der Waals surface area contributed by atoms with Crippen LogP contribution in [0.1, 0.15) is 73.0 Å². The molecule has 1 atom stereocenters. The summed E-state index contributed by atoms with van der Waals surface area (Å²) in [6.45, 7) is 6.23. The molecule has 2 aromatic heterocycles. The number of fused-ring (bicyclic) bond motifs is 1. The number of hydrogen-bond donors (Lipinski definition) is 4. The van der Waals surface area contributed by atoms with Crippen LogP contribution in [0.25, 0.3) is 22.2 Å². The minimum Gasteiger partial charge on any atom is -0.389 e. The van der Waals surface area contributed by atoms with Crippen molar-refractivity contribution >= 4 is 16.9 Å². The lowest BCUT2D eigenvalue weighted by molar-refractivity contribution is 0.0695. The fourth-order valence-electron chi connectivity index (χ4n) is 5.13. The second-order valence-electron chi connectivity index (χ2n) is 10.2. The van der Waals surface area contributed by atoms with Gasteiger partial charge in [-0.25, -0.2) is 4.98 Å². The molecular weight excluding hydrogens is 428 g/mol. The summed E-state index contributed by atoms with van der Waals surface area (Å²) < 4.78 is 5.61. The minimum atomic E-state index is -0.970. The molecule has 7 heteroatoms. The molecule has 3 aromatic rings. The van der Waals surface area contributed by atoms with E-state index in [1.54, 1.807) is 20.0 Å². The van der Waals surface area contributed by atoms with E-state index in [1.165, 1.54) is 17.5 Å². The lowest BCUT2D eigenvalue weighted by Gasteiger charge is -2.27. The summed E-state index contributed by atoms with van der Waals surface area (Å²) in [4.78, 5) is 20.5. The van der Waals surface area contributed by atoms with Crippen molar-refractivity contribution in [3.05, 3.63) is 53.3 Å². The van der Waals surface area contributed by atoms with Crippen molar-refractivity contribution in [1.29, 1.82) is 0 Å². The van der Waals surface area contributed by atoms with Gasteiger partial charge in [0.15, 0.2) is 0 Å². The molecule has 0 radical (unpaired) electrons.